The number of nitrogens with two attached hydrogens (primary N) is 1. The molecule has 0 radical (unpaired) electrons. The zero-order valence-corrected chi connectivity index (χ0v) is 11.4. The van der Waals surface area contributed by atoms with Gasteiger partial charge >= 0.3 is 0 Å². The topological polar surface area (TPSA) is 64.3 Å². The molecule has 0 unspecified atom stereocenters. The predicted molar refractivity (Wildman–Crippen MR) is 80.8 cm³/mol. The number of carbonyl (C=O) groups excluding carboxylic acids is 1. The van der Waals surface area contributed by atoms with Gasteiger partial charge in [-0.05, 0) is 24.1 Å². The number of benzene rings is 2. The Bertz CT molecular complexity index is 582. The lowest BCUT2D eigenvalue weighted by atomic mass is 10.1. The summed E-state index contributed by atoms with van der Waals surface area (Å²) in [6, 6.07) is 15.1. The van der Waals surface area contributed by atoms with Crippen LogP contribution in [0.25, 0.3) is 0 Å². The van der Waals surface area contributed by atoms with Gasteiger partial charge < -0.3 is 15.8 Å². The third-order valence-electron chi connectivity index (χ3n) is 3.00. The Hall–Kier alpha value is -2.49. The van der Waals surface area contributed by atoms with Crippen molar-refractivity contribution in [1.29, 1.82) is 0 Å². The highest BCUT2D eigenvalue weighted by atomic mass is 16.5. The molecule has 0 atom stereocenters. The number of anilines is 2. The molecular formula is C16H18N2O2. The number of rotatable bonds is 5. The van der Waals surface area contributed by atoms with Crippen molar-refractivity contribution in [3.63, 3.8) is 0 Å². The molecule has 104 valence electrons. The van der Waals surface area contributed by atoms with Crippen LogP contribution in [0.2, 0.25) is 0 Å². The average molecular weight is 270 g/mol. The van der Waals surface area contributed by atoms with Gasteiger partial charge in [0.15, 0.2) is 0 Å². The summed E-state index contributed by atoms with van der Waals surface area (Å²) in [5.74, 6) is 0.534. The molecule has 0 spiro atoms. The molecule has 2 rings (SSSR count). The van der Waals surface area contributed by atoms with E-state index in [0.29, 0.717) is 23.5 Å². The molecule has 0 aromatic heterocycles. The fourth-order valence-electron chi connectivity index (χ4n) is 1.91. The Labute approximate surface area is 118 Å². The molecular weight excluding hydrogens is 252 g/mol. The highest BCUT2D eigenvalue weighted by Crippen LogP contribution is 2.25. The fraction of sp³-hybridized carbons (Fsp3) is 0.188. The summed E-state index contributed by atoms with van der Waals surface area (Å²) in [7, 11) is 1.55. The molecule has 0 aliphatic rings. The summed E-state index contributed by atoms with van der Waals surface area (Å²) >= 11 is 0. The first-order valence-electron chi connectivity index (χ1n) is 6.46. The summed E-state index contributed by atoms with van der Waals surface area (Å²) in [4.78, 5) is 11.9. The Balaban J connectivity index is 1.91. The van der Waals surface area contributed by atoms with Gasteiger partial charge in [0.05, 0.1) is 12.8 Å². The van der Waals surface area contributed by atoms with E-state index in [1.54, 1.807) is 25.3 Å². The van der Waals surface area contributed by atoms with Gasteiger partial charge in [-0.3, -0.25) is 4.79 Å². The van der Waals surface area contributed by atoms with Crippen LogP contribution in [0.5, 0.6) is 5.75 Å². The number of amides is 1. The van der Waals surface area contributed by atoms with Crippen LogP contribution in [-0.2, 0) is 11.2 Å². The van der Waals surface area contributed by atoms with Gasteiger partial charge in [0, 0.05) is 18.2 Å². The van der Waals surface area contributed by atoms with Gasteiger partial charge in [-0.15, -0.1) is 0 Å². The molecule has 0 heterocycles. The average Bonchev–Trinajstić information content (AvgIpc) is 2.48. The van der Waals surface area contributed by atoms with Crippen LogP contribution >= 0.6 is 0 Å². The summed E-state index contributed by atoms with van der Waals surface area (Å²) in [5, 5.41) is 2.84. The van der Waals surface area contributed by atoms with Gasteiger partial charge in [0.2, 0.25) is 5.91 Å². The summed E-state index contributed by atoms with van der Waals surface area (Å²) in [6.45, 7) is 0. The number of carbonyl (C=O) groups is 1. The number of nitrogen functional groups attached to an aromatic ring is 1. The maximum atomic E-state index is 11.9. The summed E-state index contributed by atoms with van der Waals surface area (Å²) in [5.41, 5.74) is 8.12. The first-order chi connectivity index (χ1) is 9.69. The van der Waals surface area contributed by atoms with Crippen molar-refractivity contribution in [1.82, 2.24) is 0 Å². The Morgan fingerprint density at radius 3 is 2.65 bits per heavy atom. The van der Waals surface area contributed by atoms with Crippen LogP contribution in [0.4, 0.5) is 11.4 Å². The predicted octanol–water partition coefficient (Wildman–Crippen LogP) is 2.85. The van der Waals surface area contributed by atoms with Crippen molar-refractivity contribution in [3.05, 3.63) is 54.1 Å². The third kappa shape index (κ3) is 3.75. The smallest absolute Gasteiger partial charge is 0.224 e. The maximum absolute atomic E-state index is 11.9. The van der Waals surface area contributed by atoms with E-state index in [2.05, 4.69) is 5.32 Å². The second-order valence-corrected chi connectivity index (χ2v) is 4.49. The lowest BCUT2D eigenvalue weighted by molar-refractivity contribution is -0.116. The fourth-order valence-corrected chi connectivity index (χ4v) is 1.91. The number of aryl methyl sites for hydroxylation is 1. The van der Waals surface area contributed by atoms with Crippen LogP contribution in [-0.4, -0.2) is 13.0 Å². The van der Waals surface area contributed by atoms with Crippen molar-refractivity contribution < 1.29 is 9.53 Å². The second kappa shape index (κ2) is 6.61. The lowest BCUT2D eigenvalue weighted by Gasteiger charge is -2.09. The highest BCUT2D eigenvalue weighted by Gasteiger charge is 2.05. The van der Waals surface area contributed by atoms with E-state index in [4.69, 9.17) is 10.5 Å². The van der Waals surface area contributed by atoms with Crippen molar-refractivity contribution >= 4 is 17.3 Å². The van der Waals surface area contributed by atoms with E-state index >= 15 is 0 Å². The molecule has 2 aromatic rings. The van der Waals surface area contributed by atoms with Crippen molar-refractivity contribution in [2.75, 3.05) is 18.2 Å². The minimum atomic E-state index is -0.0272. The van der Waals surface area contributed by atoms with Gasteiger partial charge in [0.1, 0.15) is 5.75 Å². The lowest BCUT2D eigenvalue weighted by Crippen LogP contribution is -2.12. The van der Waals surface area contributed by atoms with Crippen LogP contribution < -0.4 is 15.8 Å². The molecule has 4 nitrogen and oxygen atoms in total. The molecule has 0 saturated carbocycles. The maximum Gasteiger partial charge on any atom is 0.224 e. The minimum absolute atomic E-state index is 0.0272. The first-order valence-corrected chi connectivity index (χ1v) is 6.46. The molecule has 20 heavy (non-hydrogen) atoms. The Kier molecular flexibility index (Phi) is 4.60. The van der Waals surface area contributed by atoms with Gasteiger partial charge in [-0.1, -0.05) is 30.3 Å². The summed E-state index contributed by atoms with van der Waals surface area (Å²) < 4.78 is 5.12. The van der Waals surface area contributed by atoms with Gasteiger partial charge in [-0.25, -0.2) is 0 Å². The van der Waals surface area contributed by atoms with E-state index < -0.39 is 0 Å². The molecule has 0 aliphatic carbocycles. The largest absolute Gasteiger partial charge is 0.495 e. The molecule has 0 fully saturated rings. The normalized spacial score (nSPS) is 10.1. The zero-order valence-electron chi connectivity index (χ0n) is 11.4. The number of methoxy groups -OCH3 is 1. The van der Waals surface area contributed by atoms with Crippen LogP contribution in [0, 0.1) is 0 Å². The molecule has 0 saturated heterocycles. The van der Waals surface area contributed by atoms with Crippen molar-refractivity contribution in [2.24, 2.45) is 0 Å². The standard InChI is InChI=1S/C16H18N2O2/c1-20-15-11-13(8-9-14(15)17)18-16(19)10-7-12-5-3-2-4-6-12/h2-6,8-9,11H,7,10,17H2,1H3,(H,18,19). The van der Waals surface area contributed by atoms with Crippen molar-refractivity contribution in [3.8, 4) is 5.75 Å². The first kappa shape index (κ1) is 13.9. The molecule has 1 amide bonds. The monoisotopic (exact) mass is 270 g/mol. The van der Waals surface area contributed by atoms with E-state index in [9.17, 15) is 4.79 Å². The third-order valence-corrected chi connectivity index (χ3v) is 3.00. The number of hydrogen-bond acceptors (Lipinski definition) is 3. The van der Waals surface area contributed by atoms with Crippen LogP contribution in [0.15, 0.2) is 48.5 Å². The zero-order chi connectivity index (χ0) is 14.4. The quantitative estimate of drug-likeness (QED) is 0.821. The van der Waals surface area contributed by atoms with Crippen LogP contribution in [0.3, 0.4) is 0 Å². The number of hydrogen-bond donors (Lipinski definition) is 2. The molecule has 2 aromatic carbocycles. The Morgan fingerprint density at radius 2 is 1.95 bits per heavy atom. The molecule has 4 heteroatoms. The SMILES string of the molecule is COc1cc(NC(=O)CCc2ccccc2)ccc1N. The number of ether oxygens (including phenoxy) is 1. The van der Waals surface area contributed by atoms with Crippen molar-refractivity contribution in [2.45, 2.75) is 12.8 Å². The van der Waals surface area contributed by atoms with Gasteiger partial charge in [-0.2, -0.15) is 0 Å². The highest BCUT2D eigenvalue weighted by molar-refractivity contribution is 5.91. The van der Waals surface area contributed by atoms with Gasteiger partial charge in [0.25, 0.3) is 0 Å². The molecule has 0 bridgehead atoms. The molecule has 3 N–H and O–H groups in total. The number of nitrogens with one attached hydrogen (secondary N) is 1. The Morgan fingerprint density at radius 1 is 1.20 bits per heavy atom. The minimum Gasteiger partial charge on any atom is -0.495 e. The second-order valence-electron chi connectivity index (χ2n) is 4.49. The molecule has 0 aliphatic heterocycles. The van der Waals surface area contributed by atoms with E-state index in [1.165, 1.54) is 0 Å². The van der Waals surface area contributed by atoms with E-state index in [-0.39, 0.29) is 5.91 Å². The van der Waals surface area contributed by atoms with E-state index in [0.717, 1.165) is 12.0 Å². The summed E-state index contributed by atoms with van der Waals surface area (Å²) in [6.07, 6.45) is 1.16. The van der Waals surface area contributed by atoms with Crippen LogP contribution in [0.1, 0.15) is 12.0 Å². The van der Waals surface area contributed by atoms with E-state index in [1.807, 2.05) is 30.3 Å².